The number of carbonyl (C=O) groups is 3. The maximum atomic E-state index is 13.8. The van der Waals surface area contributed by atoms with E-state index in [4.69, 9.17) is 18.9 Å². The highest BCUT2D eigenvalue weighted by molar-refractivity contribution is 5.83. The molecule has 2 N–H and O–H groups in total. The summed E-state index contributed by atoms with van der Waals surface area (Å²) in [7, 11) is 2.01. The Kier molecular flexibility index (Phi) is 7.58. The number of hydrogen-bond donors (Lipinski definition) is 2. The Morgan fingerprint density at radius 1 is 1.09 bits per heavy atom. The molecule has 2 aromatic rings. The number of nitrogens with zero attached hydrogens (tertiary/aromatic N) is 1. The van der Waals surface area contributed by atoms with Crippen LogP contribution >= 0.6 is 0 Å². The summed E-state index contributed by atoms with van der Waals surface area (Å²) in [4.78, 5) is 41.0. The monoisotopic (exact) mass is 605 g/mol. The van der Waals surface area contributed by atoms with Crippen molar-refractivity contribution in [2.24, 2.45) is 0 Å². The molecule has 5 atom stereocenters. The minimum absolute atomic E-state index is 0.169. The number of carbonyl (C=O) groups excluding carboxylic acids is 3. The van der Waals surface area contributed by atoms with Crippen LogP contribution in [0, 0.1) is 0 Å². The molecule has 2 bridgehead atoms. The molecule has 0 saturated carbocycles. The zero-order valence-corrected chi connectivity index (χ0v) is 25.5. The predicted octanol–water partition coefficient (Wildman–Crippen LogP) is 3.41. The Bertz CT molecular complexity index is 1510. The molecular weight excluding hydrogens is 566 g/mol. The number of likely N-dealkylation sites (tertiary alicyclic amines) is 1. The van der Waals surface area contributed by atoms with Gasteiger partial charge in [0.2, 0.25) is 6.10 Å². The maximum absolute atomic E-state index is 13.8. The second-order valence-electron chi connectivity index (χ2n) is 13.2. The van der Waals surface area contributed by atoms with Gasteiger partial charge < -0.3 is 34.1 Å². The van der Waals surface area contributed by atoms with Crippen LogP contribution in [-0.4, -0.2) is 70.0 Å². The van der Waals surface area contributed by atoms with Gasteiger partial charge in [0.25, 0.3) is 0 Å². The topological polar surface area (TPSA) is 132 Å². The van der Waals surface area contributed by atoms with Gasteiger partial charge in [0, 0.05) is 29.2 Å². The zero-order chi connectivity index (χ0) is 31.4. The van der Waals surface area contributed by atoms with Crippen molar-refractivity contribution in [3.63, 3.8) is 0 Å². The van der Waals surface area contributed by atoms with Crippen LogP contribution in [0.3, 0.4) is 0 Å². The Hall–Kier alpha value is -3.73. The zero-order valence-electron chi connectivity index (χ0n) is 25.5. The van der Waals surface area contributed by atoms with E-state index < -0.39 is 46.7 Å². The maximum Gasteiger partial charge on any atom is 0.357 e. The van der Waals surface area contributed by atoms with Crippen molar-refractivity contribution in [2.75, 3.05) is 13.6 Å². The van der Waals surface area contributed by atoms with E-state index in [0.717, 1.165) is 11.1 Å². The number of esters is 3. The Labute approximate surface area is 256 Å². The molecule has 10 nitrogen and oxygen atoms in total. The van der Waals surface area contributed by atoms with Gasteiger partial charge in [0.05, 0.1) is 30.5 Å². The molecule has 0 unspecified atom stereocenters. The summed E-state index contributed by atoms with van der Waals surface area (Å²) >= 11 is 0. The fourth-order valence-electron chi connectivity index (χ4n) is 7.47. The normalized spacial score (nSPS) is 27.4. The molecule has 234 valence electrons. The number of aliphatic hydroxyl groups excluding tert-OH is 1. The number of benzene rings is 2. The predicted molar refractivity (Wildman–Crippen MR) is 157 cm³/mol. The number of aliphatic hydroxyl groups is 2. The van der Waals surface area contributed by atoms with Gasteiger partial charge in [0.15, 0.2) is 6.10 Å². The van der Waals surface area contributed by atoms with Crippen molar-refractivity contribution < 1.29 is 43.5 Å². The number of rotatable bonds is 8. The van der Waals surface area contributed by atoms with Crippen molar-refractivity contribution in [3.8, 4) is 5.75 Å². The molecule has 0 amide bonds. The summed E-state index contributed by atoms with van der Waals surface area (Å²) in [6.45, 7) is 5.69. The SMILES string of the molecule is CN1CC[C@]23c4c5ccc(CO)c4O[C@H]2C(OC(=O)[C@@H](OC(=O)CCC(=O)OC(C)(C)C)c2ccccc2)=CC[C@@]3(O)[C@H]1C5. The van der Waals surface area contributed by atoms with E-state index in [1.807, 2.05) is 19.2 Å². The molecule has 2 aliphatic carbocycles. The second-order valence-corrected chi connectivity index (χ2v) is 13.2. The van der Waals surface area contributed by atoms with Crippen molar-refractivity contribution in [2.45, 2.75) is 94.3 Å². The Balaban J connectivity index is 1.28. The van der Waals surface area contributed by atoms with Gasteiger partial charge in [-0.25, -0.2) is 4.79 Å². The van der Waals surface area contributed by atoms with Gasteiger partial charge in [0.1, 0.15) is 17.1 Å². The fourth-order valence-corrected chi connectivity index (χ4v) is 7.47. The third-order valence-corrected chi connectivity index (χ3v) is 9.36. The fraction of sp³-hybridized carbons (Fsp3) is 0.500. The molecule has 44 heavy (non-hydrogen) atoms. The van der Waals surface area contributed by atoms with E-state index in [-0.39, 0.29) is 37.7 Å². The average Bonchev–Trinajstić information content (AvgIpc) is 3.33. The summed E-state index contributed by atoms with van der Waals surface area (Å²) in [5.74, 6) is -1.34. The number of likely N-dealkylation sites (N-methyl/N-ethyl adjacent to an activating group) is 1. The summed E-state index contributed by atoms with van der Waals surface area (Å²) in [6.07, 6.45) is 0.454. The van der Waals surface area contributed by atoms with Crippen molar-refractivity contribution in [1.82, 2.24) is 4.90 Å². The first-order valence-electron chi connectivity index (χ1n) is 15.1. The Morgan fingerprint density at radius 2 is 1.82 bits per heavy atom. The molecule has 2 aliphatic heterocycles. The van der Waals surface area contributed by atoms with Crippen LogP contribution in [0.4, 0.5) is 0 Å². The molecule has 1 fully saturated rings. The van der Waals surface area contributed by atoms with E-state index in [1.54, 1.807) is 57.2 Å². The minimum Gasteiger partial charge on any atom is -0.481 e. The number of piperidine rings is 1. The van der Waals surface area contributed by atoms with Crippen molar-refractivity contribution in [3.05, 3.63) is 76.6 Å². The smallest absolute Gasteiger partial charge is 0.357 e. The van der Waals surface area contributed by atoms with Crippen molar-refractivity contribution >= 4 is 17.9 Å². The molecule has 2 heterocycles. The molecule has 1 saturated heterocycles. The minimum atomic E-state index is -1.40. The average molecular weight is 606 g/mol. The number of hydrogen-bond acceptors (Lipinski definition) is 10. The molecule has 1 spiro atoms. The molecule has 4 aliphatic rings. The lowest BCUT2D eigenvalue weighted by molar-refractivity contribution is -0.177. The molecule has 0 radical (unpaired) electrons. The van der Waals surface area contributed by atoms with E-state index in [1.165, 1.54) is 0 Å². The lowest BCUT2D eigenvalue weighted by atomic mass is 9.50. The van der Waals surface area contributed by atoms with Crippen LogP contribution < -0.4 is 4.74 Å². The number of ether oxygens (including phenoxy) is 4. The van der Waals surface area contributed by atoms with E-state index in [9.17, 15) is 24.6 Å². The second kappa shape index (κ2) is 11.0. The summed E-state index contributed by atoms with van der Waals surface area (Å²) in [6, 6.07) is 12.2. The Morgan fingerprint density at radius 3 is 2.52 bits per heavy atom. The molecule has 10 heteroatoms. The first kappa shape index (κ1) is 30.3. The molecular formula is C34H39NO9. The summed E-state index contributed by atoms with van der Waals surface area (Å²) in [5, 5.41) is 22.5. The van der Waals surface area contributed by atoms with Crippen molar-refractivity contribution in [1.29, 1.82) is 0 Å². The first-order chi connectivity index (χ1) is 20.9. The summed E-state index contributed by atoms with van der Waals surface area (Å²) < 4.78 is 23.5. The highest BCUT2D eigenvalue weighted by Gasteiger charge is 2.72. The third kappa shape index (κ3) is 4.89. The highest BCUT2D eigenvalue weighted by Crippen LogP contribution is 2.64. The van der Waals surface area contributed by atoms with Crippen LogP contribution in [0.5, 0.6) is 5.75 Å². The van der Waals surface area contributed by atoms with Crippen LogP contribution in [0.25, 0.3) is 0 Å². The lowest BCUT2D eigenvalue weighted by Gasteiger charge is -2.61. The third-order valence-electron chi connectivity index (χ3n) is 9.36. The van der Waals surface area contributed by atoms with Gasteiger partial charge in [-0.1, -0.05) is 42.5 Å². The quantitative estimate of drug-likeness (QED) is 0.341. The van der Waals surface area contributed by atoms with Crippen LogP contribution in [-0.2, 0) is 47.0 Å². The van der Waals surface area contributed by atoms with Gasteiger partial charge in [-0.15, -0.1) is 0 Å². The summed E-state index contributed by atoms with van der Waals surface area (Å²) in [5.41, 5.74) is 0.203. The highest BCUT2D eigenvalue weighted by atomic mass is 16.6. The largest absolute Gasteiger partial charge is 0.481 e. The van der Waals surface area contributed by atoms with E-state index in [0.29, 0.717) is 36.3 Å². The molecule has 6 rings (SSSR count). The van der Waals surface area contributed by atoms with E-state index >= 15 is 0 Å². The van der Waals surface area contributed by atoms with Crippen LogP contribution in [0.2, 0.25) is 0 Å². The van der Waals surface area contributed by atoms with Gasteiger partial charge in [-0.05, 0) is 58.8 Å². The molecule has 0 aromatic heterocycles. The first-order valence-corrected chi connectivity index (χ1v) is 15.1. The molecule has 2 aromatic carbocycles. The van der Waals surface area contributed by atoms with Crippen LogP contribution in [0.1, 0.15) is 74.8 Å². The van der Waals surface area contributed by atoms with Gasteiger partial charge >= 0.3 is 17.9 Å². The lowest BCUT2D eigenvalue weighted by Crippen LogP contribution is -2.74. The van der Waals surface area contributed by atoms with Crippen LogP contribution in [0.15, 0.2) is 54.3 Å². The standard InChI is InChI=1S/C34H39NO9/c1-32(2,3)44-26(38)13-12-25(37)42-29(20-8-6-5-7-9-20)31(39)41-23-14-15-34(40)24-18-21-10-11-22(19-36)28-27(21)33(34,30(23)43-28)16-17-35(24)4/h5-11,14,24,29-30,36,40H,12-13,15-19H2,1-4H3/t24-,29+,30+,33+,34-/m1/s1. The van der Waals surface area contributed by atoms with Gasteiger partial charge in [-0.3, -0.25) is 9.59 Å². The van der Waals surface area contributed by atoms with E-state index in [2.05, 4.69) is 4.90 Å². The van der Waals surface area contributed by atoms with Gasteiger partial charge in [-0.2, -0.15) is 0 Å².